The Balaban J connectivity index is 1.88. The second kappa shape index (κ2) is 7.79. The summed E-state index contributed by atoms with van der Waals surface area (Å²) in [6.07, 6.45) is 6.20. The van der Waals surface area contributed by atoms with Crippen LogP contribution in [0.5, 0.6) is 0 Å². The zero-order valence-electron chi connectivity index (χ0n) is 13.1. The van der Waals surface area contributed by atoms with Crippen LogP contribution in [0.2, 0.25) is 0 Å². The third-order valence-electron chi connectivity index (χ3n) is 4.17. The van der Waals surface area contributed by atoms with Gasteiger partial charge in [0.25, 0.3) is 0 Å². The lowest BCUT2D eigenvalue weighted by molar-refractivity contribution is 0.638. The van der Waals surface area contributed by atoms with Crippen molar-refractivity contribution in [3.05, 3.63) is 66.2 Å². The van der Waals surface area contributed by atoms with E-state index in [1.54, 1.807) is 0 Å². The van der Waals surface area contributed by atoms with E-state index in [9.17, 15) is 0 Å². The highest BCUT2D eigenvalue weighted by Crippen LogP contribution is 2.21. The fourth-order valence-corrected chi connectivity index (χ4v) is 2.96. The lowest BCUT2D eigenvalue weighted by Gasteiger charge is -2.27. The van der Waals surface area contributed by atoms with Gasteiger partial charge in [0.2, 0.25) is 0 Å². The van der Waals surface area contributed by atoms with Gasteiger partial charge in [-0.15, -0.1) is 0 Å². The number of hydrogen-bond donors (Lipinski definition) is 0. The largest absolute Gasteiger partial charge is 0.326 e. The van der Waals surface area contributed by atoms with Crippen molar-refractivity contribution < 1.29 is 0 Å². The van der Waals surface area contributed by atoms with Crippen LogP contribution in [0, 0.1) is 0 Å². The predicted octanol–water partition coefficient (Wildman–Crippen LogP) is 5.06. The highest BCUT2D eigenvalue weighted by Gasteiger charge is 2.15. The maximum absolute atomic E-state index is 4.90. The van der Waals surface area contributed by atoms with Crippen LogP contribution < -0.4 is 4.90 Å². The molecule has 0 atom stereocenters. The van der Waals surface area contributed by atoms with Gasteiger partial charge in [-0.2, -0.15) is 0 Å². The number of amidine groups is 1. The van der Waals surface area contributed by atoms with Gasteiger partial charge in [0.05, 0.1) is 0 Å². The van der Waals surface area contributed by atoms with E-state index in [1.165, 1.54) is 42.8 Å². The molecule has 2 heteroatoms. The molecule has 0 saturated carbocycles. The summed E-state index contributed by atoms with van der Waals surface area (Å²) in [5, 5.41) is 0. The highest BCUT2D eigenvalue weighted by atomic mass is 15.2. The SMILES string of the molecule is c1ccc(CN(/C2=N/CCCCCC2)c2ccccc2)cc1. The van der Waals surface area contributed by atoms with Crippen LogP contribution in [0.4, 0.5) is 5.69 Å². The monoisotopic (exact) mass is 292 g/mol. The normalized spacial score (nSPS) is 17.9. The van der Waals surface area contributed by atoms with Crippen molar-refractivity contribution in [3.8, 4) is 0 Å². The van der Waals surface area contributed by atoms with Crippen LogP contribution in [-0.4, -0.2) is 12.4 Å². The Labute approximate surface area is 133 Å². The van der Waals surface area contributed by atoms with Crippen molar-refractivity contribution in [1.82, 2.24) is 0 Å². The Hall–Kier alpha value is -2.09. The summed E-state index contributed by atoms with van der Waals surface area (Å²) in [5.74, 6) is 1.25. The fourth-order valence-electron chi connectivity index (χ4n) is 2.96. The standard InChI is InChI=1S/C20H24N2/c1-2-10-16-21-20(15-9-1)22(19-13-7-4-8-14-19)17-18-11-5-3-6-12-18/h3-8,11-14H,1-2,9-10,15-17H2/b21-20+. The van der Waals surface area contributed by atoms with E-state index in [0.717, 1.165) is 19.5 Å². The van der Waals surface area contributed by atoms with E-state index in [4.69, 9.17) is 4.99 Å². The molecule has 0 fully saturated rings. The van der Waals surface area contributed by atoms with Crippen LogP contribution in [0.25, 0.3) is 0 Å². The van der Waals surface area contributed by atoms with Gasteiger partial charge in [-0.25, -0.2) is 0 Å². The van der Waals surface area contributed by atoms with E-state index in [1.807, 2.05) is 0 Å². The van der Waals surface area contributed by atoms with E-state index in [-0.39, 0.29) is 0 Å². The first-order valence-electron chi connectivity index (χ1n) is 8.33. The number of aliphatic imine (C=N–C) groups is 1. The number of rotatable bonds is 3. The number of para-hydroxylation sites is 1. The minimum absolute atomic E-state index is 0.893. The molecule has 22 heavy (non-hydrogen) atoms. The molecule has 2 aromatic carbocycles. The molecule has 1 aliphatic heterocycles. The molecule has 3 rings (SSSR count). The van der Waals surface area contributed by atoms with Crippen LogP contribution in [0.1, 0.15) is 37.7 Å². The summed E-state index contributed by atoms with van der Waals surface area (Å²) in [6.45, 7) is 1.86. The molecule has 0 radical (unpaired) electrons. The molecule has 0 aromatic heterocycles. The minimum atomic E-state index is 0.893. The van der Waals surface area contributed by atoms with Crippen molar-refractivity contribution in [3.63, 3.8) is 0 Å². The Morgan fingerprint density at radius 1 is 0.773 bits per heavy atom. The third kappa shape index (κ3) is 3.97. The third-order valence-corrected chi connectivity index (χ3v) is 4.17. The molecule has 114 valence electrons. The molecule has 1 aliphatic rings. The topological polar surface area (TPSA) is 15.6 Å². The molecule has 2 aromatic rings. The first kappa shape index (κ1) is 14.8. The van der Waals surface area contributed by atoms with Gasteiger partial charge in [0, 0.05) is 25.2 Å². The van der Waals surface area contributed by atoms with E-state index in [2.05, 4.69) is 65.6 Å². The van der Waals surface area contributed by atoms with Crippen molar-refractivity contribution in [2.24, 2.45) is 4.99 Å². The summed E-state index contributed by atoms with van der Waals surface area (Å²) in [6, 6.07) is 21.3. The number of anilines is 1. The van der Waals surface area contributed by atoms with Gasteiger partial charge in [-0.3, -0.25) is 4.99 Å². The van der Waals surface area contributed by atoms with Crippen LogP contribution in [0.3, 0.4) is 0 Å². The zero-order chi connectivity index (χ0) is 15.0. The molecule has 0 saturated heterocycles. The highest BCUT2D eigenvalue weighted by molar-refractivity contribution is 5.97. The maximum Gasteiger partial charge on any atom is 0.104 e. The number of hydrogen-bond acceptors (Lipinski definition) is 2. The first-order chi connectivity index (χ1) is 10.9. The Morgan fingerprint density at radius 2 is 1.45 bits per heavy atom. The quantitative estimate of drug-likeness (QED) is 0.772. The van der Waals surface area contributed by atoms with Gasteiger partial charge in [0.15, 0.2) is 0 Å². The Morgan fingerprint density at radius 3 is 2.23 bits per heavy atom. The maximum atomic E-state index is 4.90. The summed E-state index contributed by atoms with van der Waals surface area (Å²) in [7, 11) is 0. The average molecular weight is 292 g/mol. The molecule has 2 nitrogen and oxygen atoms in total. The van der Waals surface area contributed by atoms with E-state index < -0.39 is 0 Å². The molecule has 0 bridgehead atoms. The molecular formula is C20H24N2. The minimum Gasteiger partial charge on any atom is -0.326 e. The predicted molar refractivity (Wildman–Crippen MR) is 94.5 cm³/mol. The second-order valence-corrected chi connectivity index (χ2v) is 5.87. The van der Waals surface area contributed by atoms with Gasteiger partial charge >= 0.3 is 0 Å². The average Bonchev–Trinajstić information content (AvgIpc) is 2.55. The molecule has 0 unspecified atom stereocenters. The lowest BCUT2D eigenvalue weighted by Crippen LogP contribution is -2.31. The van der Waals surface area contributed by atoms with Crippen molar-refractivity contribution >= 4 is 11.5 Å². The van der Waals surface area contributed by atoms with Crippen molar-refractivity contribution in [2.75, 3.05) is 11.4 Å². The van der Waals surface area contributed by atoms with Crippen molar-refractivity contribution in [2.45, 2.75) is 38.6 Å². The van der Waals surface area contributed by atoms with Gasteiger partial charge in [0.1, 0.15) is 5.84 Å². The van der Waals surface area contributed by atoms with Gasteiger partial charge < -0.3 is 4.90 Å². The summed E-state index contributed by atoms with van der Waals surface area (Å²) >= 11 is 0. The molecular weight excluding hydrogens is 268 g/mol. The number of benzene rings is 2. The Kier molecular flexibility index (Phi) is 5.25. The van der Waals surface area contributed by atoms with Crippen LogP contribution in [0.15, 0.2) is 65.7 Å². The summed E-state index contributed by atoms with van der Waals surface area (Å²) in [4.78, 5) is 7.29. The zero-order valence-corrected chi connectivity index (χ0v) is 13.1. The molecule has 0 spiro atoms. The molecule has 0 amide bonds. The fraction of sp³-hybridized carbons (Fsp3) is 0.350. The molecule has 0 N–H and O–H groups in total. The van der Waals surface area contributed by atoms with Gasteiger partial charge in [-0.05, 0) is 30.5 Å². The van der Waals surface area contributed by atoms with Crippen LogP contribution in [-0.2, 0) is 6.54 Å². The van der Waals surface area contributed by atoms with E-state index in [0.29, 0.717) is 0 Å². The second-order valence-electron chi connectivity index (χ2n) is 5.87. The summed E-state index contributed by atoms with van der Waals surface area (Å²) in [5.41, 5.74) is 2.57. The van der Waals surface area contributed by atoms with Gasteiger partial charge in [-0.1, -0.05) is 61.4 Å². The van der Waals surface area contributed by atoms with Crippen molar-refractivity contribution in [1.29, 1.82) is 0 Å². The summed E-state index contributed by atoms with van der Waals surface area (Å²) < 4.78 is 0. The Bertz CT molecular complexity index is 590. The smallest absolute Gasteiger partial charge is 0.104 e. The molecule has 0 aliphatic carbocycles. The van der Waals surface area contributed by atoms with Crippen LogP contribution >= 0.6 is 0 Å². The van der Waals surface area contributed by atoms with E-state index >= 15 is 0 Å². The molecule has 1 heterocycles. The first-order valence-corrected chi connectivity index (χ1v) is 8.33. The lowest BCUT2D eigenvalue weighted by atomic mass is 10.1. The number of nitrogens with zero attached hydrogens (tertiary/aromatic N) is 2.